The van der Waals surface area contributed by atoms with Gasteiger partial charge in [0.2, 0.25) is 0 Å². The Hall–Kier alpha value is -2.08. The zero-order valence-electron chi connectivity index (χ0n) is 12.9. The summed E-state index contributed by atoms with van der Waals surface area (Å²) in [5.74, 6) is -0.593. The maximum absolute atomic E-state index is 12.2. The Kier molecular flexibility index (Phi) is 4.81. The molecule has 2 N–H and O–H groups in total. The SMILES string of the molecule is O=C(Nc1cccc(OC2CCCC2)c1)[C@@H]1CC[C@H](C(=O)O)O1. The summed E-state index contributed by atoms with van der Waals surface area (Å²) in [7, 11) is 0. The third-order valence-electron chi connectivity index (χ3n) is 4.29. The number of carbonyl (C=O) groups is 2. The molecule has 0 unspecified atom stereocenters. The fourth-order valence-electron chi connectivity index (χ4n) is 3.08. The normalized spacial score (nSPS) is 24.5. The van der Waals surface area contributed by atoms with Gasteiger partial charge in [0.05, 0.1) is 6.10 Å². The standard InChI is InChI=1S/C17H21NO5/c19-16(14-8-9-15(23-14)17(20)21)18-11-4-3-7-13(10-11)22-12-5-1-2-6-12/h3-4,7,10,12,14-15H,1-2,5-6,8-9H2,(H,18,19)(H,20,21)/t14-,15+/m0/s1. The molecule has 0 aromatic heterocycles. The molecule has 2 fully saturated rings. The van der Waals surface area contributed by atoms with E-state index in [1.54, 1.807) is 12.1 Å². The number of benzene rings is 1. The van der Waals surface area contributed by atoms with Gasteiger partial charge >= 0.3 is 5.97 Å². The van der Waals surface area contributed by atoms with Crippen LogP contribution in [-0.4, -0.2) is 35.3 Å². The molecule has 1 aliphatic heterocycles. The minimum Gasteiger partial charge on any atom is -0.490 e. The quantitative estimate of drug-likeness (QED) is 0.871. The number of hydrogen-bond donors (Lipinski definition) is 2. The van der Waals surface area contributed by atoms with Crippen LogP contribution in [0.1, 0.15) is 38.5 Å². The second-order valence-corrected chi connectivity index (χ2v) is 6.07. The van der Waals surface area contributed by atoms with Gasteiger partial charge in [-0.1, -0.05) is 6.07 Å². The van der Waals surface area contributed by atoms with Crippen molar-refractivity contribution in [3.63, 3.8) is 0 Å². The van der Waals surface area contributed by atoms with Crippen LogP contribution in [0, 0.1) is 0 Å². The lowest BCUT2D eigenvalue weighted by molar-refractivity contribution is -0.150. The van der Waals surface area contributed by atoms with E-state index < -0.39 is 18.2 Å². The first-order valence-corrected chi connectivity index (χ1v) is 8.07. The number of hydrogen-bond acceptors (Lipinski definition) is 4. The lowest BCUT2D eigenvalue weighted by Crippen LogP contribution is -2.29. The number of aliphatic carboxylic acids is 1. The van der Waals surface area contributed by atoms with Crippen LogP contribution in [0.25, 0.3) is 0 Å². The molecule has 1 heterocycles. The molecule has 23 heavy (non-hydrogen) atoms. The molecule has 2 aliphatic rings. The molecule has 1 saturated carbocycles. The third kappa shape index (κ3) is 4.01. The van der Waals surface area contributed by atoms with Crippen LogP contribution in [0.5, 0.6) is 5.75 Å². The van der Waals surface area contributed by atoms with E-state index >= 15 is 0 Å². The monoisotopic (exact) mass is 319 g/mol. The molecule has 0 radical (unpaired) electrons. The summed E-state index contributed by atoms with van der Waals surface area (Å²) in [6, 6.07) is 7.28. The van der Waals surface area contributed by atoms with Gasteiger partial charge in [-0.3, -0.25) is 4.79 Å². The molecule has 1 saturated heterocycles. The minimum absolute atomic E-state index is 0.260. The van der Waals surface area contributed by atoms with Gasteiger partial charge in [0.1, 0.15) is 11.9 Å². The van der Waals surface area contributed by atoms with Crippen molar-refractivity contribution < 1.29 is 24.2 Å². The van der Waals surface area contributed by atoms with Crippen LogP contribution in [0.2, 0.25) is 0 Å². The van der Waals surface area contributed by atoms with Crippen molar-refractivity contribution in [2.45, 2.75) is 56.8 Å². The van der Waals surface area contributed by atoms with E-state index in [0.29, 0.717) is 18.5 Å². The highest BCUT2D eigenvalue weighted by Crippen LogP contribution is 2.26. The van der Waals surface area contributed by atoms with Crippen molar-refractivity contribution in [3.8, 4) is 5.75 Å². The molecule has 1 aliphatic carbocycles. The number of nitrogens with one attached hydrogen (secondary N) is 1. The number of carbonyl (C=O) groups excluding carboxylic acids is 1. The summed E-state index contributed by atoms with van der Waals surface area (Å²) in [6.07, 6.45) is 3.98. The minimum atomic E-state index is -1.02. The first-order valence-electron chi connectivity index (χ1n) is 8.07. The Morgan fingerprint density at radius 2 is 1.87 bits per heavy atom. The maximum atomic E-state index is 12.2. The highest BCUT2D eigenvalue weighted by Gasteiger charge is 2.34. The summed E-state index contributed by atoms with van der Waals surface area (Å²) in [5.41, 5.74) is 0.632. The van der Waals surface area contributed by atoms with E-state index in [9.17, 15) is 9.59 Å². The average Bonchev–Trinajstić information content (AvgIpc) is 3.18. The zero-order chi connectivity index (χ0) is 16.2. The summed E-state index contributed by atoms with van der Waals surface area (Å²) in [4.78, 5) is 23.0. The smallest absolute Gasteiger partial charge is 0.332 e. The van der Waals surface area contributed by atoms with Crippen LogP contribution < -0.4 is 10.1 Å². The molecule has 124 valence electrons. The van der Waals surface area contributed by atoms with Gasteiger partial charge in [0.15, 0.2) is 6.10 Å². The molecule has 1 aromatic rings. The van der Waals surface area contributed by atoms with Gasteiger partial charge in [-0.05, 0) is 50.7 Å². The van der Waals surface area contributed by atoms with Crippen LogP contribution in [0.4, 0.5) is 5.69 Å². The van der Waals surface area contributed by atoms with E-state index in [1.165, 1.54) is 12.8 Å². The van der Waals surface area contributed by atoms with Gasteiger partial charge in [-0.15, -0.1) is 0 Å². The summed E-state index contributed by atoms with van der Waals surface area (Å²) in [6.45, 7) is 0. The van der Waals surface area contributed by atoms with Crippen molar-refractivity contribution >= 4 is 17.6 Å². The Balaban J connectivity index is 1.57. The van der Waals surface area contributed by atoms with Crippen molar-refractivity contribution in [2.24, 2.45) is 0 Å². The zero-order valence-corrected chi connectivity index (χ0v) is 12.9. The number of rotatable bonds is 5. The average molecular weight is 319 g/mol. The van der Waals surface area contributed by atoms with E-state index in [1.807, 2.05) is 12.1 Å². The van der Waals surface area contributed by atoms with Crippen LogP contribution in [0.15, 0.2) is 24.3 Å². The van der Waals surface area contributed by atoms with E-state index in [-0.39, 0.29) is 12.0 Å². The number of carboxylic acids is 1. The number of anilines is 1. The number of carboxylic acid groups (broad SMARTS) is 1. The fraction of sp³-hybridized carbons (Fsp3) is 0.529. The first kappa shape index (κ1) is 15.8. The summed E-state index contributed by atoms with van der Waals surface area (Å²) < 4.78 is 11.2. The molecule has 2 atom stereocenters. The Morgan fingerprint density at radius 3 is 2.57 bits per heavy atom. The predicted molar refractivity (Wildman–Crippen MR) is 83.5 cm³/mol. The maximum Gasteiger partial charge on any atom is 0.332 e. The molecule has 1 aromatic carbocycles. The number of amides is 1. The lowest BCUT2D eigenvalue weighted by atomic mass is 10.2. The molecule has 6 heteroatoms. The van der Waals surface area contributed by atoms with Crippen LogP contribution in [0.3, 0.4) is 0 Å². The second kappa shape index (κ2) is 7.00. The highest BCUT2D eigenvalue weighted by atomic mass is 16.5. The van der Waals surface area contributed by atoms with Crippen molar-refractivity contribution in [1.29, 1.82) is 0 Å². The fourth-order valence-corrected chi connectivity index (χ4v) is 3.08. The molecule has 0 spiro atoms. The third-order valence-corrected chi connectivity index (χ3v) is 4.29. The number of ether oxygens (including phenoxy) is 2. The molecular weight excluding hydrogens is 298 g/mol. The Labute approximate surface area is 134 Å². The van der Waals surface area contributed by atoms with Crippen molar-refractivity contribution in [2.75, 3.05) is 5.32 Å². The molecule has 6 nitrogen and oxygen atoms in total. The Bertz CT molecular complexity index is 582. The summed E-state index contributed by atoms with van der Waals surface area (Å²) >= 11 is 0. The van der Waals surface area contributed by atoms with Crippen LogP contribution in [-0.2, 0) is 14.3 Å². The van der Waals surface area contributed by atoms with Gasteiger partial charge in [-0.25, -0.2) is 4.79 Å². The molecule has 3 rings (SSSR count). The largest absolute Gasteiger partial charge is 0.490 e. The van der Waals surface area contributed by atoms with E-state index in [4.69, 9.17) is 14.6 Å². The lowest BCUT2D eigenvalue weighted by Gasteiger charge is -2.15. The second-order valence-electron chi connectivity index (χ2n) is 6.07. The molecule has 1 amide bonds. The van der Waals surface area contributed by atoms with Gasteiger partial charge in [0, 0.05) is 11.8 Å². The predicted octanol–water partition coefficient (Wildman–Crippen LogP) is 2.58. The van der Waals surface area contributed by atoms with Crippen molar-refractivity contribution in [3.05, 3.63) is 24.3 Å². The summed E-state index contributed by atoms with van der Waals surface area (Å²) in [5, 5.41) is 11.7. The van der Waals surface area contributed by atoms with E-state index in [2.05, 4.69) is 5.32 Å². The van der Waals surface area contributed by atoms with Gasteiger partial charge < -0.3 is 19.9 Å². The highest BCUT2D eigenvalue weighted by molar-refractivity contribution is 5.94. The molecule has 0 bridgehead atoms. The Morgan fingerprint density at radius 1 is 1.13 bits per heavy atom. The van der Waals surface area contributed by atoms with Crippen LogP contribution >= 0.6 is 0 Å². The van der Waals surface area contributed by atoms with Gasteiger partial charge in [-0.2, -0.15) is 0 Å². The van der Waals surface area contributed by atoms with Crippen molar-refractivity contribution in [1.82, 2.24) is 0 Å². The van der Waals surface area contributed by atoms with Gasteiger partial charge in [0.25, 0.3) is 5.91 Å². The topological polar surface area (TPSA) is 84.9 Å². The molecular formula is C17H21NO5. The van der Waals surface area contributed by atoms with E-state index in [0.717, 1.165) is 18.6 Å². The first-order chi connectivity index (χ1) is 11.1.